The molecule has 2 aromatic rings. The van der Waals surface area contributed by atoms with Gasteiger partial charge >= 0.3 is 5.97 Å². The Balaban J connectivity index is 1.80. The molecular formula is C20H22N2O4. The molecule has 3 rings (SSSR count). The van der Waals surface area contributed by atoms with Crippen molar-refractivity contribution in [2.24, 2.45) is 5.92 Å². The first-order valence-electron chi connectivity index (χ1n) is 8.69. The Morgan fingerprint density at radius 3 is 2.65 bits per heavy atom. The second-order valence-electron chi connectivity index (χ2n) is 6.77. The van der Waals surface area contributed by atoms with Gasteiger partial charge in [0.1, 0.15) is 0 Å². The number of aliphatic carboxylic acids is 1. The van der Waals surface area contributed by atoms with Gasteiger partial charge in [0.15, 0.2) is 0 Å². The van der Waals surface area contributed by atoms with Crippen LogP contribution in [0.25, 0.3) is 10.8 Å². The Labute approximate surface area is 151 Å². The van der Waals surface area contributed by atoms with E-state index >= 15 is 0 Å². The SMILES string of the molecule is CN1CCC(C(=O)N[C@@H](CC(=O)O)c2ccc3ccccc3c2)CC1=O. The van der Waals surface area contributed by atoms with E-state index in [-0.39, 0.29) is 24.7 Å². The molecule has 0 bridgehead atoms. The van der Waals surface area contributed by atoms with Gasteiger partial charge in [0.25, 0.3) is 0 Å². The zero-order valence-corrected chi connectivity index (χ0v) is 14.6. The minimum atomic E-state index is -0.983. The summed E-state index contributed by atoms with van der Waals surface area (Å²) in [6.07, 6.45) is 0.552. The number of hydrogen-bond acceptors (Lipinski definition) is 3. The maximum Gasteiger partial charge on any atom is 0.305 e. The van der Waals surface area contributed by atoms with Gasteiger partial charge in [-0.2, -0.15) is 0 Å². The van der Waals surface area contributed by atoms with Gasteiger partial charge in [-0.05, 0) is 28.8 Å². The van der Waals surface area contributed by atoms with Crippen LogP contribution in [-0.2, 0) is 14.4 Å². The molecule has 6 nitrogen and oxygen atoms in total. The smallest absolute Gasteiger partial charge is 0.305 e. The average molecular weight is 354 g/mol. The molecule has 26 heavy (non-hydrogen) atoms. The van der Waals surface area contributed by atoms with Crippen molar-refractivity contribution >= 4 is 28.6 Å². The first kappa shape index (κ1) is 17.9. The fourth-order valence-corrected chi connectivity index (χ4v) is 3.31. The molecule has 1 unspecified atom stereocenters. The summed E-state index contributed by atoms with van der Waals surface area (Å²) in [6, 6.07) is 12.8. The number of carboxylic acids is 1. The van der Waals surface area contributed by atoms with E-state index < -0.39 is 17.9 Å². The Morgan fingerprint density at radius 2 is 1.96 bits per heavy atom. The normalized spacial score (nSPS) is 18.6. The zero-order chi connectivity index (χ0) is 18.7. The Hall–Kier alpha value is -2.89. The second-order valence-corrected chi connectivity index (χ2v) is 6.77. The summed E-state index contributed by atoms with van der Waals surface area (Å²) in [6.45, 7) is 0.538. The largest absolute Gasteiger partial charge is 0.481 e. The number of likely N-dealkylation sites (tertiary alicyclic amines) is 1. The zero-order valence-electron chi connectivity index (χ0n) is 14.6. The summed E-state index contributed by atoms with van der Waals surface area (Å²) in [5, 5.41) is 14.1. The van der Waals surface area contributed by atoms with E-state index in [2.05, 4.69) is 5.32 Å². The molecule has 6 heteroatoms. The van der Waals surface area contributed by atoms with Crippen LogP contribution in [-0.4, -0.2) is 41.4 Å². The summed E-state index contributed by atoms with van der Waals surface area (Å²) < 4.78 is 0. The van der Waals surface area contributed by atoms with Crippen molar-refractivity contribution in [2.75, 3.05) is 13.6 Å². The molecule has 0 spiro atoms. The topological polar surface area (TPSA) is 86.7 Å². The molecule has 1 saturated heterocycles. The highest BCUT2D eigenvalue weighted by Gasteiger charge is 2.30. The van der Waals surface area contributed by atoms with Gasteiger partial charge in [-0.3, -0.25) is 14.4 Å². The van der Waals surface area contributed by atoms with Crippen LogP contribution in [0.2, 0.25) is 0 Å². The van der Waals surface area contributed by atoms with Gasteiger partial charge in [-0.25, -0.2) is 0 Å². The minimum Gasteiger partial charge on any atom is -0.481 e. The van der Waals surface area contributed by atoms with Crippen LogP contribution in [0, 0.1) is 5.92 Å². The van der Waals surface area contributed by atoms with E-state index in [0.717, 1.165) is 16.3 Å². The molecule has 2 atom stereocenters. The third kappa shape index (κ3) is 4.02. The molecular weight excluding hydrogens is 332 g/mol. The van der Waals surface area contributed by atoms with Crippen molar-refractivity contribution in [1.82, 2.24) is 10.2 Å². The number of carbonyl (C=O) groups is 3. The molecule has 1 heterocycles. The summed E-state index contributed by atoms with van der Waals surface area (Å²) in [7, 11) is 1.72. The van der Waals surface area contributed by atoms with Crippen LogP contribution in [0.1, 0.15) is 30.9 Å². The molecule has 0 saturated carbocycles. The molecule has 1 aliphatic rings. The molecule has 2 aromatic carbocycles. The van der Waals surface area contributed by atoms with Crippen LogP contribution >= 0.6 is 0 Å². The maximum atomic E-state index is 12.6. The fraction of sp³-hybridized carbons (Fsp3) is 0.350. The third-order valence-electron chi connectivity index (χ3n) is 4.90. The lowest BCUT2D eigenvalue weighted by Gasteiger charge is -2.29. The lowest BCUT2D eigenvalue weighted by atomic mass is 9.94. The highest BCUT2D eigenvalue weighted by Crippen LogP contribution is 2.24. The number of nitrogens with zero attached hydrogens (tertiary/aromatic N) is 1. The number of carbonyl (C=O) groups excluding carboxylic acids is 2. The van der Waals surface area contributed by atoms with E-state index in [1.54, 1.807) is 11.9 Å². The molecule has 0 aromatic heterocycles. The van der Waals surface area contributed by atoms with Crippen LogP contribution in [0.4, 0.5) is 0 Å². The van der Waals surface area contributed by atoms with Gasteiger partial charge in [-0.15, -0.1) is 0 Å². The first-order valence-corrected chi connectivity index (χ1v) is 8.69. The van der Waals surface area contributed by atoms with E-state index in [0.29, 0.717) is 13.0 Å². The van der Waals surface area contributed by atoms with Crippen LogP contribution < -0.4 is 5.32 Å². The van der Waals surface area contributed by atoms with Crippen molar-refractivity contribution in [3.63, 3.8) is 0 Å². The van der Waals surface area contributed by atoms with E-state index in [1.807, 2.05) is 42.5 Å². The number of hydrogen-bond donors (Lipinski definition) is 2. The predicted molar refractivity (Wildman–Crippen MR) is 97.4 cm³/mol. The Bertz CT molecular complexity index is 849. The minimum absolute atomic E-state index is 0.0584. The quantitative estimate of drug-likeness (QED) is 0.863. The van der Waals surface area contributed by atoms with E-state index in [4.69, 9.17) is 0 Å². The molecule has 0 radical (unpaired) electrons. The lowest BCUT2D eigenvalue weighted by molar-refractivity contribution is -0.140. The number of fused-ring (bicyclic) bond motifs is 1. The number of benzene rings is 2. The summed E-state index contributed by atoms with van der Waals surface area (Å²) >= 11 is 0. The van der Waals surface area contributed by atoms with Crippen LogP contribution in [0.15, 0.2) is 42.5 Å². The molecule has 136 valence electrons. The van der Waals surface area contributed by atoms with Gasteiger partial charge in [0.2, 0.25) is 11.8 Å². The maximum absolute atomic E-state index is 12.6. The summed E-state index contributed by atoms with van der Waals surface area (Å²) in [5.74, 6) is -1.71. The summed E-state index contributed by atoms with van der Waals surface area (Å²) in [5.41, 5.74) is 0.749. The van der Waals surface area contributed by atoms with Crippen LogP contribution in [0.3, 0.4) is 0 Å². The van der Waals surface area contributed by atoms with Gasteiger partial charge in [0, 0.05) is 25.9 Å². The van der Waals surface area contributed by atoms with Crippen molar-refractivity contribution in [3.8, 4) is 0 Å². The summed E-state index contributed by atoms with van der Waals surface area (Å²) in [4.78, 5) is 37.3. The van der Waals surface area contributed by atoms with Crippen molar-refractivity contribution in [2.45, 2.75) is 25.3 Å². The van der Waals surface area contributed by atoms with Crippen molar-refractivity contribution in [3.05, 3.63) is 48.0 Å². The third-order valence-corrected chi connectivity index (χ3v) is 4.90. The van der Waals surface area contributed by atoms with E-state index in [9.17, 15) is 19.5 Å². The first-order chi connectivity index (χ1) is 12.4. The molecule has 2 amide bonds. The van der Waals surface area contributed by atoms with Gasteiger partial charge in [0.05, 0.1) is 12.5 Å². The molecule has 0 aliphatic carbocycles. The Kier molecular flexibility index (Phi) is 5.21. The fourth-order valence-electron chi connectivity index (χ4n) is 3.31. The molecule has 2 N–H and O–H groups in total. The number of rotatable bonds is 5. The molecule has 1 fully saturated rings. The number of amides is 2. The molecule has 1 aliphatic heterocycles. The standard InChI is InChI=1S/C20H22N2O4/c1-22-9-8-16(11-18(22)23)20(26)21-17(12-19(24)25)15-7-6-13-4-2-3-5-14(13)10-15/h2-7,10,16-17H,8-9,11-12H2,1H3,(H,21,26)(H,24,25)/t16?,17-/m0/s1. The van der Waals surface area contributed by atoms with Gasteiger partial charge < -0.3 is 15.3 Å². The second kappa shape index (κ2) is 7.56. The highest BCUT2D eigenvalue weighted by molar-refractivity contribution is 5.88. The van der Waals surface area contributed by atoms with Crippen molar-refractivity contribution < 1.29 is 19.5 Å². The monoisotopic (exact) mass is 354 g/mol. The Morgan fingerprint density at radius 1 is 1.23 bits per heavy atom. The van der Waals surface area contributed by atoms with E-state index in [1.165, 1.54) is 0 Å². The van der Waals surface area contributed by atoms with Crippen LogP contribution in [0.5, 0.6) is 0 Å². The highest BCUT2D eigenvalue weighted by atomic mass is 16.4. The lowest BCUT2D eigenvalue weighted by Crippen LogP contribution is -2.43. The average Bonchev–Trinajstić information content (AvgIpc) is 2.62. The number of nitrogens with one attached hydrogen (secondary N) is 1. The van der Waals surface area contributed by atoms with Crippen molar-refractivity contribution in [1.29, 1.82) is 0 Å². The van der Waals surface area contributed by atoms with Gasteiger partial charge in [-0.1, -0.05) is 36.4 Å². The number of piperidine rings is 1. The number of carboxylic acid groups (broad SMARTS) is 1. The predicted octanol–water partition coefficient (Wildman–Crippen LogP) is 2.34.